The second kappa shape index (κ2) is 12.7. The monoisotopic (exact) mass is 676 g/mol. The van der Waals surface area contributed by atoms with E-state index in [1.54, 1.807) is 48.7 Å². The Hall–Kier alpha value is -5.59. The number of hydrogen-bond donors (Lipinski definition) is 3. The van der Waals surface area contributed by atoms with E-state index in [1.165, 1.54) is 37.8 Å². The first-order chi connectivity index (χ1) is 23.9. The number of ketones is 1. The average Bonchev–Trinajstić information content (AvgIpc) is 3.84. The van der Waals surface area contributed by atoms with E-state index in [-0.39, 0.29) is 29.2 Å². The van der Waals surface area contributed by atoms with Gasteiger partial charge in [-0.1, -0.05) is 18.2 Å². The fourth-order valence-electron chi connectivity index (χ4n) is 6.15. The van der Waals surface area contributed by atoms with Gasteiger partial charge in [0.25, 0.3) is 11.5 Å². The van der Waals surface area contributed by atoms with Crippen LogP contribution in [0.4, 0.5) is 5.82 Å². The average molecular weight is 677 g/mol. The number of pyridine rings is 3. The molecule has 7 rings (SSSR count). The lowest BCUT2D eigenvalue weighted by Crippen LogP contribution is -2.40. The molecule has 3 heterocycles. The van der Waals surface area contributed by atoms with Gasteiger partial charge in [0.2, 0.25) is 0 Å². The first kappa shape index (κ1) is 32.9. The van der Waals surface area contributed by atoms with Gasteiger partial charge in [0.1, 0.15) is 35.6 Å². The van der Waals surface area contributed by atoms with Crippen molar-refractivity contribution >= 4 is 28.4 Å². The van der Waals surface area contributed by atoms with E-state index >= 15 is 0 Å². The number of carbonyl (C=O) groups is 2. The molecule has 12 nitrogen and oxygen atoms in total. The van der Waals surface area contributed by atoms with E-state index in [0.29, 0.717) is 63.7 Å². The molecule has 0 saturated heterocycles. The molecular weight excluding hydrogens is 640 g/mol. The quantitative estimate of drug-likeness (QED) is 0.178. The smallest absolute Gasteiger partial charge is 0.268 e. The van der Waals surface area contributed by atoms with Crippen molar-refractivity contribution in [2.75, 3.05) is 19.0 Å². The Morgan fingerprint density at radius 1 is 1.00 bits per heavy atom. The van der Waals surface area contributed by atoms with Crippen molar-refractivity contribution in [2.45, 2.75) is 51.2 Å². The van der Waals surface area contributed by atoms with E-state index in [1.807, 2.05) is 18.2 Å². The normalized spacial score (nSPS) is 15.3. The molecule has 2 aromatic carbocycles. The number of nitrogens with one attached hydrogen (secondary N) is 1. The van der Waals surface area contributed by atoms with Crippen LogP contribution in [0.5, 0.6) is 23.0 Å². The van der Waals surface area contributed by atoms with Crippen LogP contribution in [0.1, 0.15) is 59.5 Å². The van der Waals surface area contributed by atoms with Crippen molar-refractivity contribution in [1.82, 2.24) is 14.5 Å². The van der Waals surface area contributed by atoms with Gasteiger partial charge in [0, 0.05) is 41.0 Å². The number of carbonyl (C=O) groups excluding carboxylic acids is 2. The summed E-state index contributed by atoms with van der Waals surface area (Å²) in [4.78, 5) is 49.4. The van der Waals surface area contributed by atoms with Crippen LogP contribution in [0.25, 0.3) is 16.6 Å². The number of methoxy groups -OCH3 is 1. The second-order valence-corrected chi connectivity index (χ2v) is 13.4. The molecule has 0 bridgehead atoms. The number of aromatic nitrogens is 3. The molecule has 2 aliphatic carbocycles. The summed E-state index contributed by atoms with van der Waals surface area (Å²) >= 11 is 0. The highest BCUT2D eigenvalue weighted by Gasteiger charge is 2.49. The molecule has 3 N–H and O–H groups in total. The van der Waals surface area contributed by atoms with Crippen LogP contribution in [0, 0.1) is 5.41 Å². The number of para-hydroxylation sites is 1. The van der Waals surface area contributed by atoms with Crippen LogP contribution in [0.3, 0.4) is 0 Å². The van der Waals surface area contributed by atoms with Crippen molar-refractivity contribution in [2.24, 2.45) is 5.41 Å². The highest BCUT2D eigenvalue weighted by molar-refractivity contribution is 6.06. The molecule has 1 saturated carbocycles. The minimum Gasteiger partial charge on any atom is -0.493 e. The molecule has 5 aromatic rings. The van der Waals surface area contributed by atoms with Gasteiger partial charge >= 0.3 is 0 Å². The number of Topliss-reactive ketones (excluding diaryl/α,β-unsaturated/α-hetero) is 1. The van der Waals surface area contributed by atoms with Gasteiger partial charge in [-0.3, -0.25) is 23.9 Å². The number of ether oxygens (including phenoxy) is 3. The summed E-state index contributed by atoms with van der Waals surface area (Å²) in [5.74, 6) is 0.966. The van der Waals surface area contributed by atoms with Crippen LogP contribution in [0.2, 0.25) is 0 Å². The SMILES string of the molecule is COc1cc2c(Oc3ccc(NC(=O)c4cc5c(n(-c6ccccc6)c4=O)CC4(CC4)CC5=O)nc3)ccnc2cc1OC[C@@H](O)C(C)(C)O. The summed E-state index contributed by atoms with van der Waals surface area (Å²) in [5.41, 5.74) is 0.109. The minimum absolute atomic E-state index is 0.0587. The third kappa shape index (κ3) is 6.42. The van der Waals surface area contributed by atoms with Crippen LogP contribution < -0.4 is 25.1 Å². The third-order valence-electron chi connectivity index (χ3n) is 9.30. The summed E-state index contributed by atoms with van der Waals surface area (Å²) in [6.45, 7) is 2.82. The van der Waals surface area contributed by atoms with Crippen molar-refractivity contribution in [3.63, 3.8) is 0 Å². The largest absolute Gasteiger partial charge is 0.493 e. The standard InChI is InChI=1S/C38H36N4O8/c1-37(2,47)33(44)21-49-32-17-27-24(16-31(32)48-3)30(11-14-39-27)50-23-9-10-34(40-20-23)41-35(45)26-15-25-28(18-38(12-13-38)19-29(25)43)42(36(26)46)22-7-5-4-6-8-22/h4-11,14-17,20,33,44,47H,12-13,18-19,21H2,1-3H3,(H,40,41,45)/t33-/m1/s1. The molecule has 1 atom stereocenters. The van der Waals surface area contributed by atoms with Gasteiger partial charge in [0.15, 0.2) is 17.3 Å². The lowest BCUT2D eigenvalue weighted by Gasteiger charge is -2.27. The van der Waals surface area contributed by atoms with Crippen molar-refractivity contribution < 1.29 is 34.0 Å². The minimum atomic E-state index is -1.35. The Kier molecular flexibility index (Phi) is 8.36. The van der Waals surface area contributed by atoms with Crippen molar-refractivity contribution in [1.29, 1.82) is 0 Å². The maximum absolute atomic E-state index is 13.9. The third-order valence-corrected chi connectivity index (χ3v) is 9.30. The molecule has 12 heteroatoms. The number of hydrogen-bond acceptors (Lipinski definition) is 10. The van der Waals surface area contributed by atoms with Gasteiger partial charge < -0.3 is 29.7 Å². The molecule has 0 unspecified atom stereocenters. The molecule has 2 aliphatic rings. The molecular formula is C38H36N4O8. The van der Waals surface area contributed by atoms with Crippen molar-refractivity contribution in [3.05, 3.63) is 106 Å². The Bertz CT molecular complexity index is 2170. The molecule has 0 radical (unpaired) electrons. The van der Waals surface area contributed by atoms with E-state index in [4.69, 9.17) is 14.2 Å². The number of amides is 1. The number of aliphatic hydroxyl groups excluding tert-OH is 1. The number of aliphatic hydroxyl groups is 2. The molecule has 50 heavy (non-hydrogen) atoms. The number of rotatable bonds is 10. The summed E-state index contributed by atoms with van der Waals surface area (Å²) in [6, 6.07) is 18.7. The van der Waals surface area contributed by atoms with Gasteiger partial charge in [-0.05, 0) is 81.0 Å². The molecule has 1 amide bonds. The zero-order chi connectivity index (χ0) is 35.2. The molecule has 1 spiro atoms. The maximum atomic E-state index is 13.9. The lowest BCUT2D eigenvalue weighted by atomic mass is 9.82. The van der Waals surface area contributed by atoms with E-state index < -0.39 is 23.2 Å². The second-order valence-electron chi connectivity index (χ2n) is 13.4. The molecule has 1 fully saturated rings. The lowest BCUT2D eigenvalue weighted by molar-refractivity contribution is -0.0663. The van der Waals surface area contributed by atoms with Gasteiger partial charge in [-0.15, -0.1) is 0 Å². The van der Waals surface area contributed by atoms with E-state index in [9.17, 15) is 24.6 Å². The van der Waals surface area contributed by atoms with Crippen LogP contribution in [-0.2, 0) is 6.42 Å². The fourth-order valence-corrected chi connectivity index (χ4v) is 6.15. The highest BCUT2D eigenvalue weighted by atomic mass is 16.5. The Morgan fingerprint density at radius 2 is 1.78 bits per heavy atom. The predicted octanol–water partition coefficient (Wildman–Crippen LogP) is 5.25. The zero-order valence-corrected chi connectivity index (χ0v) is 27.8. The van der Waals surface area contributed by atoms with Crippen LogP contribution in [0.15, 0.2) is 83.9 Å². The van der Waals surface area contributed by atoms with Crippen LogP contribution in [-0.4, -0.2) is 61.9 Å². The number of nitrogens with zero attached hydrogens (tertiary/aromatic N) is 3. The van der Waals surface area contributed by atoms with Gasteiger partial charge in [-0.2, -0.15) is 0 Å². The number of benzene rings is 2. The Labute approximate surface area is 287 Å². The van der Waals surface area contributed by atoms with E-state index in [0.717, 1.165) is 12.8 Å². The predicted molar refractivity (Wildman–Crippen MR) is 185 cm³/mol. The first-order valence-corrected chi connectivity index (χ1v) is 16.3. The zero-order valence-electron chi connectivity index (χ0n) is 27.8. The van der Waals surface area contributed by atoms with Crippen molar-refractivity contribution in [3.8, 4) is 28.7 Å². The maximum Gasteiger partial charge on any atom is 0.268 e. The molecule has 0 aliphatic heterocycles. The number of fused-ring (bicyclic) bond motifs is 2. The number of anilines is 1. The first-order valence-electron chi connectivity index (χ1n) is 16.3. The Balaban J connectivity index is 1.11. The Morgan fingerprint density at radius 3 is 2.46 bits per heavy atom. The fraction of sp³-hybridized carbons (Fsp3) is 0.289. The molecule has 256 valence electrons. The van der Waals surface area contributed by atoms with Gasteiger partial charge in [-0.25, -0.2) is 4.98 Å². The van der Waals surface area contributed by atoms with Gasteiger partial charge in [0.05, 0.1) is 24.4 Å². The summed E-state index contributed by atoms with van der Waals surface area (Å²) < 4.78 is 18.9. The van der Waals surface area contributed by atoms with Crippen LogP contribution >= 0.6 is 0 Å². The summed E-state index contributed by atoms with van der Waals surface area (Å²) in [5, 5.41) is 23.5. The topological polar surface area (TPSA) is 162 Å². The summed E-state index contributed by atoms with van der Waals surface area (Å²) in [7, 11) is 1.48. The van der Waals surface area contributed by atoms with E-state index in [2.05, 4.69) is 15.3 Å². The summed E-state index contributed by atoms with van der Waals surface area (Å²) in [6.07, 6.45) is 4.81. The highest BCUT2D eigenvalue weighted by Crippen LogP contribution is 2.54. The molecule has 3 aromatic heterocycles.